The third-order valence-corrected chi connectivity index (χ3v) is 3.97. The second-order valence-corrected chi connectivity index (χ2v) is 5.34. The summed E-state index contributed by atoms with van der Waals surface area (Å²) in [5.41, 5.74) is 0. The fraction of sp³-hybridized carbons (Fsp3) is 0.562. The second kappa shape index (κ2) is 7.17. The van der Waals surface area contributed by atoms with Crippen LogP contribution in [0.2, 0.25) is 0 Å². The maximum absolute atomic E-state index is 11.9. The highest BCUT2D eigenvalue weighted by molar-refractivity contribution is 5.72. The van der Waals surface area contributed by atoms with Crippen LogP contribution in [0, 0.1) is 11.8 Å². The molecule has 4 heteroatoms. The molecule has 0 spiro atoms. The zero-order valence-corrected chi connectivity index (χ0v) is 11.9. The SMILES string of the molecule is COC(=O)C(COc1cccc(O)c1)C1CCCCC1. The van der Waals surface area contributed by atoms with E-state index in [4.69, 9.17) is 9.47 Å². The van der Waals surface area contributed by atoms with Gasteiger partial charge in [-0.2, -0.15) is 0 Å². The Labute approximate surface area is 119 Å². The van der Waals surface area contributed by atoms with Gasteiger partial charge in [0.15, 0.2) is 0 Å². The summed E-state index contributed by atoms with van der Waals surface area (Å²) in [6, 6.07) is 6.63. The van der Waals surface area contributed by atoms with Gasteiger partial charge in [0.1, 0.15) is 18.1 Å². The normalized spacial score (nSPS) is 17.4. The molecule has 0 saturated heterocycles. The van der Waals surface area contributed by atoms with Crippen LogP contribution in [-0.2, 0) is 9.53 Å². The Morgan fingerprint density at radius 3 is 2.75 bits per heavy atom. The van der Waals surface area contributed by atoms with Gasteiger partial charge in [0.05, 0.1) is 13.0 Å². The summed E-state index contributed by atoms with van der Waals surface area (Å²) < 4.78 is 10.6. The number of esters is 1. The summed E-state index contributed by atoms with van der Waals surface area (Å²) in [5, 5.41) is 9.41. The predicted molar refractivity (Wildman–Crippen MR) is 75.7 cm³/mol. The third kappa shape index (κ3) is 3.89. The van der Waals surface area contributed by atoms with Crippen LogP contribution in [-0.4, -0.2) is 24.8 Å². The molecule has 4 nitrogen and oxygen atoms in total. The molecule has 1 aliphatic rings. The van der Waals surface area contributed by atoms with Gasteiger partial charge in [-0.05, 0) is 30.9 Å². The summed E-state index contributed by atoms with van der Waals surface area (Å²) >= 11 is 0. The van der Waals surface area contributed by atoms with Crippen LogP contribution in [0.15, 0.2) is 24.3 Å². The molecule has 0 heterocycles. The van der Waals surface area contributed by atoms with Crippen molar-refractivity contribution in [2.45, 2.75) is 32.1 Å². The van der Waals surface area contributed by atoms with E-state index in [0.717, 1.165) is 12.8 Å². The standard InChI is InChI=1S/C16H22O4/c1-19-16(18)15(12-6-3-2-4-7-12)11-20-14-9-5-8-13(17)10-14/h5,8-10,12,15,17H,2-4,6-7,11H2,1H3. The highest BCUT2D eigenvalue weighted by atomic mass is 16.5. The lowest BCUT2D eigenvalue weighted by molar-refractivity contribution is -0.149. The lowest BCUT2D eigenvalue weighted by Crippen LogP contribution is -2.31. The topological polar surface area (TPSA) is 55.8 Å². The Balaban J connectivity index is 1.98. The molecule has 1 aromatic carbocycles. The number of aromatic hydroxyl groups is 1. The highest BCUT2D eigenvalue weighted by Gasteiger charge is 2.31. The van der Waals surface area contributed by atoms with E-state index in [-0.39, 0.29) is 17.6 Å². The van der Waals surface area contributed by atoms with Crippen molar-refractivity contribution in [3.63, 3.8) is 0 Å². The van der Waals surface area contributed by atoms with Gasteiger partial charge in [-0.1, -0.05) is 25.3 Å². The minimum atomic E-state index is -0.220. The maximum atomic E-state index is 11.9. The van der Waals surface area contributed by atoms with Crippen molar-refractivity contribution in [2.24, 2.45) is 11.8 Å². The number of hydrogen-bond acceptors (Lipinski definition) is 4. The number of phenolic OH excluding ortho intramolecular Hbond substituents is 1. The molecule has 1 N–H and O–H groups in total. The van der Waals surface area contributed by atoms with Crippen molar-refractivity contribution in [1.29, 1.82) is 0 Å². The summed E-state index contributed by atoms with van der Waals surface area (Å²) in [4.78, 5) is 11.9. The van der Waals surface area contributed by atoms with Crippen LogP contribution < -0.4 is 4.74 Å². The van der Waals surface area contributed by atoms with Crippen LogP contribution in [0.5, 0.6) is 11.5 Å². The van der Waals surface area contributed by atoms with E-state index in [0.29, 0.717) is 18.3 Å². The minimum Gasteiger partial charge on any atom is -0.508 e. The van der Waals surface area contributed by atoms with E-state index >= 15 is 0 Å². The molecule has 1 fully saturated rings. The van der Waals surface area contributed by atoms with Gasteiger partial charge in [0.2, 0.25) is 0 Å². The smallest absolute Gasteiger partial charge is 0.312 e. The molecular formula is C16H22O4. The molecule has 0 aliphatic heterocycles. The average molecular weight is 278 g/mol. The number of carbonyl (C=O) groups excluding carboxylic acids is 1. The summed E-state index contributed by atoms with van der Waals surface area (Å²) in [6.07, 6.45) is 5.71. The van der Waals surface area contributed by atoms with E-state index in [2.05, 4.69) is 0 Å². The third-order valence-electron chi connectivity index (χ3n) is 3.97. The van der Waals surface area contributed by atoms with Gasteiger partial charge in [0.25, 0.3) is 0 Å². The zero-order valence-electron chi connectivity index (χ0n) is 11.9. The van der Waals surface area contributed by atoms with Crippen molar-refractivity contribution in [3.05, 3.63) is 24.3 Å². The lowest BCUT2D eigenvalue weighted by atomic mass is 9.80. The van der Waals surface area contributed by atoms with Crippen LogP contribution in [0.3, 0.4) is 0 Å². The highest BCUT2D eigenvalue weighted by Crippen LogP contribution is 2.31. The average Bonchev–Trinajstić information content (AvgIpc) is 2.48. The first kappa shape index (κ1) is 14.7. The predicted octanol–water partition coefficient (Wildman–Crippen LogP) is 3.14. The van der Waals surface area contributed by atoms with E-state index in [9.17, 15) is 9.90 Å². The maximum Gasteiger partial charge on any atom is 0.312 e. The summed E-state index contributed by atoms with van der Waals surface area (Å²) in [5.74, 6) is 0.665. The number of carbonyl (C=O) groups is 1. The van der Waals surface area contributed by atoms with E-state index in [1.54, 1.807) is 24.3 Å². The van der Waals surface area contributed by atoms with Gasteiger partial charge >= 0.3 is 5.97 Å². The molecule has 20 heavy (non-hydrogen) atoms. The number of hydrogen-bond donors (Lipinski definition) is 1. The molecule has 1 unspecified atom stereocenters. The second-order valence-electron chi connectivity index (χ2n) is 5.34. The molecule has 1 aromatic rings. The van der Waals surface area contributed by atoms with Gasteiger partial charge in [-0.3, -0.25) is 4.79 Å². The van der Waals surface area contributed by atoms with Crippen molar-refractivity contribution < 1.29 is 19.4 Å². The molecule has 1 atom stereocenters. The molecule has 110 valence electrons. The minimum absolute atomic E-state index is 0.162. The number of benzene rings is 1. The lowest BCUT2D eigenvalue weighted by Gasteiger charge is -2.28. The van der Waals surface area contributed by atoms with Gasteiger partial charge in [-0.25, -0.2) is 0 Å². The number of rotatable bonds is 5. The Bertz CT molecular complexity index is 438. The van der Waals surface area contributed by atoms with Gasteiger partial charge < -0.3 is 14.6 Å². The number of ether oxygens (including phenoxy) is 2. The molecular weight excluding hydrogens is 256 g/mol. The van der Waals surface area contributed by atoms with E-state index < -0.39 is 0 Å². The summed E-state index contributed by atoms with van der Waals surface area (Å²) in [7, 11) is 1.42. The Hall–Kier alpha value is -1.71. The first-order valence-corrected chi connectivity index (χ1v) is 7.20. The first-order valence-electron chi connectivity index (χ1n) is 7.20. The van der Waals surface area contributed by atoms with Crippen molar-refractivity contribution in [1.82, 2.24) is 0 Å². The largest absolute Gasteiger partial charge is 0.508 e. The van der Waals surface area contributed by atoms with E-state index in [1.807, 2.05) is 0 Å². The van der Waals surface area contributed by atoms with Crippen molar-refractivity contribution in [3.8, 4) is 11.5 Å². The molecule has 2 rings (SSSR count). The Morgan fingerprint density at radius 2 is 2.10 bits per heavy atom. The van der Waals surface area contributed by atoms with Crippen LogP contribution >= 0.6 is 0 Å². The number of phenols is 1. The van der Waals surface area contributed by atoms with Gasteiger partial charge in [0, 0.05) is 6.07 Å². The van der Waals surface area contributed by atoms with Gasteiger partial charge in [-0.15, -0.1) is 0 Å². The fourth-order valence-corrected chi connectivity index (χ4v) is 2.84. The molecule has 0 aromatic heterocycles. The summed E-state index contributed by atoms with van der Waals surface area (Å²) in [6.45, 7) is 0.306. The Kier molecular flexibility index (Phi) is 5.27. The van der Waals surface area contributed by atoms with Crippen molar-refractivity contribution >= 4 is 5.97 Å². The molecule has 0 radical (unpaired) electrons. The van der Waals surface area contributed by atoms with E-state index in [1.165, 1.54) is 26.4 Å². The molecule has 1 saturated carbocycles. The van der Waals surface area contributed by atoms with Crippen LogP contribution in [0.25, 0.3) is 0 Å². The van der Waals surface area contributed by atoms with Crippen molar-refractivity contribution in [2.75, 3.05) is 13.7 Å². The quantitative estimate of drug-likeness (QED) is 0.841. The zero-order chi connectivity index (χ0) is 14.4. The fourth-order valence-electron chi connectivity index (χ4n) is 2.84. The molecule has 0 amide bonds. The Morgan fingerprint density at radius 1 is 1.35 bits per heavy atom. The molecule has 1 aliphatic carbocycles. The monoisotopic (exact) mass is 278 g/mol. The van der Waals surface area contributed by atoms with Crippen LogP contribution in [0.4, 0.5) is 0 Å². The first-order chi connectivity index (χ1) is 9.70. The number of methoxy groups -OCH3 is 1. The molecule has 0 bridgehead atoms. The van der Waals surface area contributed by atoms with Crippen LogP contribution in [0.1, 0.15) is 32.1 Å².